The van der Waals surface area contributed by atoms with E-state index in [-0.39, 0.29) is 11.6 Å². The average molecular weight is 263 g/mol. The minimum Gasteiger partial charge on any atom is -0.377 e. The van der Waals surface area contributed by atoms with Crippen molar-refractivity contribution in [2.45, 2.75) is 52.7 Å². The zero-order valence-electron chi connectivity index (χ0n) is 12.2. The number of ether oxygens (including phenoxy) is 1. The van der Waals surface area contributed by atoms with Gasteiger partial charge in [0.05, 0.1) is 5.60 Å². The van der Waals surface area contributed by atoms with Crippen LogP contribution in [0.25, 0.3) is 0 Å². The highest BCUT2D eigenvalue weighted by Crippen LogP contribution is 2.15. The molecule has 0 aromatic heterocycles. The van der Waals surface area contributed by atoms with Crippen LogP contribution in [0.1, 0.15) is 41.0 Å². The fraction of sp³-hybridized carbons (Fsp3) is 1.00. The van der Waals surface area contributed by atoms with Gasteiger partial charge in [-0.1, -0.05) is 20.8 Å². The molecule has 0 rings (SSSR count). The first-order valence-corrected chi connectivity index (χ1v) is 7.95. The number of rotatable bonds is 9. The van der Waals surface area contributed by atoms with Crippen LogP contribution in [0.4, 0.5) is 0 Å². The summed E-state index contributed by atoms with van der Waals surface area (Å²) >= 11 is 0. The molecule has 2 unspecified atom stereocenters. The SMILES string of the molecule is CCCNC(CS(=O)CC(C)C)C(C)(C)OC. The third-order valence-electron chi connectivity index (χ3n) is 2.88. The molecule has 0 heterocycles. The molecule has 0 bridgehead atoms. The summed E-state index contributed by atoms with van der Waals surface area (Å²) in [6.07, 6.45) is 1.08. The molecule has 0 aliphatic heterocycles. The second-order valence-corrected chi connectivity index (χ2v) is 7.03. The Kier molecular flexibility index (Phi) is 8.25. The van der Waals surface area contributed by atoms with E-state index in [9.17, 15) is 4.21 Å². The van der Waals surface area contributed by atoms with E-state index in [1.54, 1.807) is 7.11 Å². The molecule has 4 heteroatoms. The van der Waals surface area contributed by atoms with Crippen LogP contribution in [-0.2, 0) is 15.5 Å². The lowest BCUT2D eigenvalue weighted by molar-refractivity contribution is -0.00369. The normalized spacial score (nSPS) is 16.2. The maximum absolute atomic E-state index is 12.0. The molecule has 1 N–H and O–H groups in total. The maximum Gasteiger partial charge on any atom is 0.0784 e. The Morgan fingerprint density at radius 1 is 1.29 bits per heavy atom. The fourth-order valence-electron chi connectivity index (χ4n) is 1.59. The Hall–Kier alpha value is 0.0700. The standard InChI is InChI=1S/C13H29NO2S/c1-7-8-14-12(13(4,5)16-6)10-17(15)9-11(2)3/h11-12,14H,7-10H2,1-6H3. The smallest absolute Gasteiger partial charge is 0.0784 e. The Labute approximate surface area is 109 Å². The monoisotopic (exact) mass is 263 g/mol. The van der Waals surface area contributed by atoms with Crippen LogP contribution in [0.3, 0.4) is 0 Å². The molecule has 0 spiro atoms. The van der Waals surface area contributed by atoms with Gasteiger partial charge in [0.25, 0.3) is 0 Å². The van der Waals surface area contributed by atoms with Crippen LogP contribution >= 0.6 is 0 Å². The molecule has 104 valence electrons. The lowest BCUT2D eigenvalue weighted by Gasteiger charge is -2.33. The fourth-order valence-corrected chi connectivity index (χ4v) is 3.36. The van der Waals surface area contributed by atoms with E-state index >= 15 is 0 Å². The van der Waals surface area contributed by atoms with Gasteiger partial charge in [-0.2, -0.15) is 0 Å². The van der Waals surface area contributed by atoms with Crippen molar-refractivity contribution in [2.75, 3.05) is 25.2 Å². The number of hydrogen-bond acceptors (Lipinski definition) is 3. The molecule has 0 aliphatic rings. The lowest BCUT2D eigenvalue weighted by Crippen LogP contribution is -2.51. The second-order valence-electron chi connectivity index (χ2n) is 5.48. The summed E-state index contributed by atoms with van der Waals surface area (Å²) in [7, 11) is 0.940. The van der Waals surface area contributed by atoms with Gasteiger partial charge in [0.2, 0.25) is 0 Å². The van der Waals surface area contributed by atoms with Gasteiger partial charge >= 0.3 is 0 Å². The summed E-state index contributed by atoms with van der Waals surface area (Å²) in [5.74, 6) is 1.91. The topological polar surface area (TPSA) is 38.3 Å². The van der Waals surface area contributed by atoms with Gasteiger partial charge in [-0.3, -0.25) is 4.21 Å². The first-order chi connectivity index (χ1) is 7.83. The predicted molar refractivity (Wildman–Crippen MR) is 75.9 cm³/mol. The summed E-state index contributed by atoms with van der Waals surface area (Å²) in [6.45, 7) is 11.4. The van der Waals surface area contributed by atoms with E-state index in [1.165, 1.54) is 0 Å². The van der Waals surface area contributed by atoms with E-state index in [0.717, 1.165) is 18.7 Å². The van der Waals surface area contributed by atoms with Crippen LogP contribution in [-0.4, -0.2) is 41.0 Å². The van der Waals surface area contributed by atoms with Crippen molar-refractivity contribution >= 4 is 10.8 Å². The van der Waals surface area contributed by atoms with Crippen molar-refractivity contribution in [3.05, 3.63) is 0 Å². The van der Waals surface area contributed by atoms with Crippen molar-refractivity contribution in [3.8, 4) is 0 Å². The number of methoxy groups -OCH3 is 1. The van der Waals surface area contributed by atoms with Crippen LogP contribution in [0.5, 0.6) is 0 Å². The van der Waals surface area contributed by atoms with Crippen LogP contribution in [0, 0.1) is 5.92 Å². The Morgan fingerprint density at radius 2 is 1.88 bits per heavy atom. The largest absolute Gasteiger partial charge is 0.377 e. The van der Waals surface area contributed by atoms with E-state index in [0.29, 0.717) is 11.7 Å². The minimum atomic E-state index is -0.774. The number of nitrogens with one attached hydrogen (secondary N) is 1. The summed E-state index contributed by atoms with van der Waals surface area (Å²) in [5.41, 5.74) is -0.276. The van der Waals surface area contributed by atoms with Crippen molar-refractivity contribution < 1.29 is 8.95 Å². The lowest BCUT2D eigenvalue weighted by atomic mass is 10.0. The molecule has 3 nitrogen and oxygen atoms in total. The molecule has 2 atom stereocenters. The molecule has 0 saturated carbocycles. The molecular formula is C13H29NO2S. The quantitative estimate of drug-likeness (QED) is 0.693. The van der Waals surface area contributed by atoms with Crippen molar-refractivity contribution in [1.29, 1.82) is 0 Å². The Bertz CT molecular complexity index is 229. The average Bonchev–Trinajstić information content (AvgIpc) is 2.22. The van der Waals surface area contributed by atoms with E-state index in [1.807, 2.05) is 13.8 Å². The van der Waals surface area contributed by atoms with E-state index in [4.69, 9.17) is 4.74 Å². The third-order valence-corrected chi connectivity index (χ3v) is 4.62. The zero-order valence-corrected chi connectivity index (χ0v) is 13.0. The molecule has 0 aromatic rings. The summed E-state index contributed by atoms with van der Waals surface area (Å²) < 4.78 is 17.5. The van der Waals surface area contributed by atoms with Gasteiger partial charge in [0.1, 0.15) is 0 Å². The minimum absolute atomic E-state index is 0.145. The molecule has 0 fully saturated rings. The highest BCUT2D eigenvalue weighted by molar-refractivity contribution is 7.85. The van der Waals surface area contributed by atoms with Crippen molar-refractivity contribution in [2.24, 2.45) is 5.92 Å². The predicted octanol–water partition coefficient (Wildman–Crippen LogP) is 2.18. The highest BCUT2D eigenvalue weighted by Gasteiger charge is 2.30. The van der Waals surface area contributed by atoms with E-state index < -0.39 is 10.8 Å². The summed E-state index contributed by atoms with van der Waals surface area (Å²) in [4.78, 5) is 0. The van der Waals surface area contributed by atoms with Gasteiger partial charge in [-0.15, -0.1) is 0 Å². The van der Waals surface area contributed by atoms with Gasteiger partial charge < -0.3 is 10.1 Å². The highest BCUT2D eigenvalue weighted by atomic mass is 32.2. The zero-order chi connectivity index (χ0) is 13.5. The molecule has 0 saturated heterocycles. The molecule has 0 aromatic carbocycles. The second kappa shape index (κ2) is 8.22. The third kappa shape index (κ3) is 7.17. The first-order valence-electron chi connectivity index (χ1n) is 6.47. The Morgan fingerprint density at radius 3 is 2.29 bits per heavy atom. The van der Waals surface area contributed by atoms with Crippen LogP contribution in [0.15, 0.2) is 0 Å². The molecule has 0 radical (unpaired) electrons. The van der Waals surface area contributed by atoms with Gasteiger partial charge in [0, 0.05) is 35.5 Å². The number of hydrogen-bond donors (Lipinski definition) is 1. The molecule has 0 amide bonds. The van der Waals surface area contributed by atoms with Gasteiger partial charge in [-0.25, -0.2) is 0 Å². The first kappa shape index (κ1) is 17.1. The molecule has 0 aliphatic carbocycles. The summed E-state index contributed by atoms with van der Waals surface area (Å²) in [5, 5.41) is 3.45. The van der Waals surface area contributed by atoms with Gasteiger partial charge in [-0.05, 0) is 32.7 Å². The Balaban J connectivity index is 4.43. The van der Waals surface area contributed by atoms with Crippen molar-refractivity contribution in [1.82, 2.24) is 5.32 Å². The maximum atomic E-state index is 12.0. The van der Waals surface area contributed by atoms with E-state index in [2.05, 4.69) is 26.1 Å². The van der Waals surface area contributed by atoms with Crippen LogP contribution in [0.2, 0.25) is 0 Å². The van der Waals surface area contributed by atoms with Gasteiger partial charge in [0.15, 0.2) is 0 Å². The van der Waals surface area contributed by atoms with Crippen molar-refractivity contribution in [3.63, 3.8) is 0 Å². The molecular weight excluding hydrogens is 234 g/mol. The molecule has 17 heavy (non-hydrogen) atoms. The summed E-state index contributed by atoms with van der Waals surface area (Å²) in [6, 6.07) is 0.145. The van der Waals surface area contributed by atoms with Crippen LogP contribution < -0.4 is 5.32 Å².